The summed E-state index contributed by atoms with van der Waals surface area (Å²) in [6.07, 6.45) is 0. The fraction of sp³-hybridized carbons (Fsp3) is 0.400. The SMILES string of the molecule is Cc1ccc(CN(C)C(C)C(=O)NCc2cccs2)o1. The highest BCUT2D eigenvalue weighted by Gasteiger charge is 2.18. The van der Waals surface area contributed by atoms with Gasteiger partial charge in [0, 0.05) is 4.88 Å². The van der Waals surface area contributed by atoms with Crippen molar-refractivity contribution in [3.05, 3.63) is 46.0 Å². The van der Waals surface area contributed by atoms with E-state index in [1.54, 1.807) is 11.3 Å². The standard InChI is InChI=1S/C15H20N2O2S/c1-11-6-7-13(19-11)10-17(3)12(2)15(18)16-9-14-5-4-8-20-14/h4-8,12H,9-10H2,1-3H3,(H,16,18). The highest BCUT2D eigenvalue weighted by atomic mass is 32.1. The van der Waals surface area contributed by atoms with Crippen LogP contribution in [0.3, 0.4) is 0 Å². The normalized spacial score (nSPS) is 12.6. The molecule has 0 aliphatic heterocycles. The van der Waals surface area contributed by atoms with E-state index in [1.807, 2.05) is 55.4 Å². The second-order valence-corrected chi connectivity index (χ2v) is 5.93. The molecule has 1 amide bonds. The first-order chi connectivity index (χ1) is 9.56. The van der Waals surface area contributed by atoms with Gasteiger partial charge in [-0.2, -0.15) is 0 Å². The summed E-state index contributed by atoms with van der Waals surface area (Å²) in [5.41, 5.74) is 0. The van der Waals surface area contributed by atoms with Crippen molar-refractivity contribution in [1.29, 1.82) is 0 Å². The minimum Gasteiger partial charge on any atom is -0.465 e. The van der Waals surface area contributed by atoms with Gasteiger partial charge >= 0.3 is 0 Å². The van der Waals surface area contributed by atoms with E-state index in [2.05, 4.69) is 5.32 Å². The maximum Gasteiger partial charge on any atom is 0.237 e. The van der Waals surface area contributed by atoms with E-state index in [9.17, 15) is 4.79 Å². The molecule has 1 unspecified atom stereocenters. The van der Waals surface area contributed by atoms with Crippen LogP contribution >= 0.6 is 11.3 Å². The molecule has 2 aromatic rings. The Morgan fingerprint density at radius 1 is 1.45 bits per heavy atom. The van der Waals surface area contributed by atoms with E-state index in [0.29, 0.717) is 13.1 Å². The van der Waals surface area contributed by atoms with E-state index in [-0.39, 0.29) is 11.9 Å². The Morgan fingerprint density at radius 3 is 2.85 bits per heavy atom. The number of likely N-dealkylation sites (N-methyl/N-ethyl adjacent to an activating group) is 1. The van der Waals surface area contributed by atoms with Crippen LogP contribution in [0, 0.1) is 6.92 Å². The Labute approximate surface area is 123 Å². The van der Waals surface area contributed by atoms with Crippen LogP contribution < -0.4 is 5.32 Å². The molecule has 0 aliphatic carbocycles. The monoisotopic (exact) mass is 292 g/mol. The van der Waals surface area contributed by atoms with E-state index in [1.165, 1.54) is 0 Å². The highest BCUT2D eigenvalue weighted by Crippen LogP contribution is 2.11. The summed E-state index contributed by atoms with van der Waals surface area (Å²) in [5.74, 6) is 1.80. The fourth-order valence-corrected chi connectivity index (χ4v) is 2.53. The molecule has 0 radical (unpaired) electrons. The average molecular weight is 292 g/mol. The van der Waals surface area contributed by atoms with Gasteiger partial charge in [-0.05, 0) is 44.5 Å². The van der Waals surface area contributed by atoms with Gasteiger partial charge in [0.05, 0.1) is 19.1 Å². The smallest absolute Gasteiger partial charge is 0.237 e. The van der Waals surface area contributed by atoms with Crippen molar-refractivity contribution in [1.82, 2.24) is 10.2 Å². The van der Waals surface area contributed by atoms with Crippen molar-refractivity contribution in [2.45, 2.75) is 33.0 Å². The van der Waals surface area contributed by atoms with Gasteiger partial charge in [-0.1, -0.05) is 6.07 Å². The van der Waals surface area contributed by atoms with Crippen molar-refractivity contribution in [2.75, 3.05) is 7.05 Å². The van der Waals surface area contributed by atoms with Crippen LogP contribution in [0.2, 0.25) is 0 Å². The Hall–Kier alpha value is -1.59. The topological polar surface area (TPSA) is 45.5 Å². The lowest BCUT2D eigenvalue weighted by atomic mass is 10.2. The number of nitrogens with zero attached hydrogens (tertiary/aromatic N) is 1. The molecular formula is C15H20N2O2S. The van der Waals surface area contributed by atoms with Gasteiger partial charge in [0.2, 0.25) is 5.91 Å². The number of hydrogen-bond donors (Lipinski definition) is 1. The molecule has 0 bridgehead atoms. The first-order valence-electron chi connectivity index (χ1n) is 6.62. The van der Waals surface area contributed by atoms with Crippen molar-refractivity contribution >= 4 is 17.2 Å². The van der Waals surface area contributed by atoms with E-state index >= 15 is 0 Å². The van der Waals surface area contributed by atoms with Gasteiger partial charge in [0.1, 0.15) is 11.5 Å². The lowest BCUT2D eigenvalue weighted by molar-refractivity contribution is -0.125. The number of amides is 1. The summed E-state index contributed by atoms with van der Waals surface area (Å²) in [6.45, 7) is 5.04. The first kappa shape index (κ1) is 14.8. The Kier molecular flexibility index (Phi) is 4.98. The Morgan fingerprint density at radius 2 is 2.25 bits per heavy atom. The molecule has 5 heteroatoms. The van der Waals surface area contributed by atoms with Crippen molar-refractivity contribution in [3.8, 4) is 0 Å². The van der Waals surface area contributed by atoms with Gasteiger partial charge < -0.3 is 9.73 Å². The van der Waals surface area contributed by atoms with Gasteiger partial charge in [0.25, 0.3) is 0 Å². The Bertz CT molecular complexity index is 548. The molecule has 2 aromatic heterocycles. The van der Waals surface area contributed by atoms with Gasteiger partial charge in [-0.25, -0.2) is 0 Å². The molecule has 0 spiro atoms. The number of carbonyl (C=O) groups excluding carboxylic acids is 1. The molecule has 0 saturated carbocycles. The quantitative estimate of drug-likeness (QED) is 0.890. The number of nitrogens with one attached hydrogen (secondary N) is 1. The maximum absolute atomic E-state index is 12.1. The van der Waals surface area contributed by atoms with Crippen molar-refractivity contribution < 1.29 is 9.21 Å². The van der Waals surface area contributed by atoms with Crippen LogP contribution in [0.1, 0.15) is 23.3 Å². The largest absolute Gasteiger partial charge is 0.465 e. The summed E-state index contributed by atoms with van der Waals surface area (Å²) in [5, 5.41) is 4.97. The summed E-state index contributed by atoms with van der Waals surface area (Å²) >= 11 is 1.65. The molecule has 0 saturated heterocycles. The predicted molar refractivity (Wildman–Crippen MR) is 80.5 cm³/mol. The average Bonchev–Trinajstić information content (AvgIpc) is 3.06. The number of carbonyl (C=O) groups is 1. The van der Waals surface area contributed by atoms with E-state index < -0.39 is 0 Å². The molecule has 1 N–H and O–H groups in total. The van der Waals surface area contributed by atoms with Crippen LogP contribution in [0.4, 0.5) is 0 Å². The van der Waals surface area contributed by atoms with Crippen LogP contribution in [-0.4, -0.2) is 23.9 Å². The second kappa shape index (κ2) is 6.72. The molecule has 2 rings (SSSR count). The molecule has 0 aliphatic rings. The number of hydrogen-bond acceptors (Lipinski definition) is 4. The maximum atomic E-state index is 12.1. The van der Waals surface area contributed by atoms with E-state index in [4.69, 9.17) is 4.42 Å². The van der Waals surface area contributed by atoms with Gasteiger partial charge in [-0.3, -0.25) is 9.69 Å². The minimum absolute atomic E-state index is 0.0316. The second-order valence-electron chi connectivity index (χ2n) is 4.90. The lowest BCUT2D eigenvalue weighted by Gasteiger charge is -2.22. The minimum atomic E-state index is -0.194. The summed E-state index contributed by atoms with van der Waals surface area (Å²) in [6, 6.07) is 7.69. The third-order valence-corrected chi connectivity index (χ3v) is 4.14. The summed E-state index contributed by atoms with van der Waals surface area (Å²) < 4.78 is 5.53. The van der Waals surface area contributed by atoms with Crippen LogP contribution in [-0.2, 0) is 17.9 Å². The molecule has 108 valence electrons. The third-order valence-electron chi connectivity index (χ3n) is 3.26. The molecule has 2 heterocycles. The van der Waals surface area contributed by atoms with Crippen LogP contribution in [0.5, 0.6) is 0 Å². The number of thiophene rings is 1. The number of rotatable bonds is 6. The molecule has 4 nitrogen and oxygen atoms in total. The molecule has 1 atom stereocenters. The molecule has 0 aromatic carbocycles. The van der Waals surface area contributed by atoms with Crippen LogP contribution in [0.15, 0.2) is 34.1 Å². The zero-order valence-corrected chi connectivity index (χ0v) is 12.9. The zero-order valence-electron chi connectivity index (χ0n) is 12.1. The first-order valence-corrected chi connectivity index (χ1v) is 7.50. The predicted octanol–water partition coefficient (Wildman–Crippen LogP) is 2.79. The van der Waals surface area contributed by atoms with Gasteiger partial charge in [0.15, 0.2) is 0 Å². The number of aryl methyl sites for hydroxylation is 1. The Balaban J connectivity index is 1.82. The zero-order chi connectivity index (χ0) is 14.5. The van der Waals surface area contributed by atoms with Crippen molar-refractivity contribution in [2.24, 2.45) is 0 Å². The summed E-state index contributed by atoms with van der Waals surface area (Å²) in [7, 11) is 1.92. The highest BCUT2D eigenvalue weighted by molar-refractivity contribution is 7.09. The fourth-order valence-electron chi connectivity index (χ4n) is 1.89. The van der Waals surface area contributed by atoms with E-state index in [0.717, 1.165) is 16.4 Å². The number of furan rings is 1. The summed E-state index contributed by atoms with van der Waals surface area (Å²) in [4.78, 5) is 15.2. The third kappa shape index (κ3) is 3.95. The molecule has 0 fully saturated rings. The molecular weight excluding hydrogens is 272 g/mol. The van der Waals surface area contributed by atoms with Crippen molar-refractivity contribution in [3.63, 3.8) is 0 Å². The van der Waals surface area contributed by atoms with Crippen LogP contribution in [0.25, 0.3) is 0 Å². The molecule has 20 heavy (non-hydrogen) atoms. The van der Waals surface area contributed by atoms with Gasteiger partial charge in [-0.15, -0.1) is 11.3 Å². The lowest BCUT2D eigenvalue weighted by Crippen LogP contribution is -2.42.